The van der Waals surface area contributed by atoms with Crippen molar-refractivity contribution in [3.63, 3.8) is 0 Å². The second kappa shape index (κ2) is 7.30. The summed E-state index contributed by atoms with van der Waals surface area (Å²) in [6, 6.07) is 10.5. The monoisotopic (exact) mass is 338 g/mol. The van der Waals surface area contributed by atoms with E-state index in [0.717, 1.165) is 43.7 Å². The molecular formula is C20H26N4O. The second-order valence-electron chi connectivity index (χ2n) is 7.29. The maximum atomic E-state index is 12.4. The predicted molar refractivity (Wildman–Crippen MR) is 97.0 cm³/mol. The fraction of sp³-hybridized carbons (Fsp3) is 0.500. The van der Waals surface area contributed by atoms with Crippen LogP contribution in [-0.2, 0) is 19.5 Å². The molecule has 0 bridgehead atoms. The molecule has 2 amide bonds. The summed E-state index contributed by atoms with van der Waals surface area (Å²) >= 11 is 0. The summed E-state index contributed by atoms with van der Waals surface area (Å²) in [5.41, 5.74) is 1.31. The molecule has 1 aliphatic heterocycles. The van der Waals surface area contributed by atoms with Crippen molar-refractivity contribution in [2.75, 3.05) is 13.1 Å². The molecular weight excluding hydrogens is 312 g/mol. The molecule has 1 saturated heterocycles. The first-order valence-electron chi connectivity index (χ1n) is 9.36. The molecule has 2 aliphatic rings. The zero-order valence-electron chi connectivity index (χ0n) is 14.6. The topological polar surface area (TPSA) is 50.2 Å². The number of carbonyl (C=O) groups excluding carboxylic acids is 1. The number of amides is 2. The second-order valence-corrected chi connectivity index (χ2v) is 7.29. The number of benzene rings is 1. The van der Waals surface area contributed by atoms with E-state index >= 15 is 0 Å². The van der Waals surface area contributed by atoms with Gasteiger partial charge in [0.1, 0.15) is 5.82 Å². The van der Waals surface area contributed by atoms with Crippen LogP contribution in [0.1, 0.15) is 30.7 Å². The Bertz CT molecular complexity index is 699. The van der Waals surface area contributed by atoms with Gasteiger partial charge in [-0.05, 0) is 36.7 Å². The van der Waals surface area contributed by atoms with Crippen molar-refractivity contribution >= 4 is 6.03 Å². The lowest BCUT2D eigenvalue weighted by Crippen LogP contribution is -2.39. The third kappa shape index (κ3) is 3.70. The Morgan fingerprint density at radius 3 is 2.68 bits per heavy atom. The first-order valence-corrected chi connectivity index (χ1v) is 9.36. The number of fused-ring (bicyclic) bond motifs is 1. The molecule has 25 heavy (non-hydrogen) atoms. The number of likely N-dealkylation sites (tertiary alicyclic amines) is 1. The van der Waals surface area contributed by atoms with Crippen LogP contribution in [0, 0.1) is 11.8 Å². The average Bonchev–Trinajstić information content (AvgIpc) is 3.34. The molecule has 1 N–H and O–H groups in total. The minimum absolute atomic E-state index is 0.0620. The van der Waals surface area contributed by atoms with Gasteiger partial charge in [0.2, 0.25) is 0 Å². The molecule has 2 aromatic rings. The fourth-order valence-electron chi connectivity index (χ4n) is 4.27. The van der Waals surface area contributed by atoms with Crippen molar-refractivity contribution in [3.8, 4) is 0 Å². The maximum Gasteiger partial charge on any atom is 0.317 e. The largest absolute Gasteiger partial charge is 0.333 e. The van der Waals surface area contributed by atoms with Crippen molar-refractivity contribution in [1.29, 1.82) is 0 Å². The van der Waals surface area contributed by atoms with E-state index in [0.29, 0.717) is 6.54 Å². The lowest BCUT2D eigenvalue weighted by Gasteiger charge is -2.18. The third-order valence-electron chi connectivity index (χ3n) is 5.70. The Labute approximate surface area is 149 Å². The molecule has 1 saturated carbocycles. The van der Waals surface area contributed by atoms with Crippen LogP contribution in [-0.4, -0.2) is 33.6 Å². The highest BCUT2D eigenvalue weighted by Crippen LogP contribution is 2.37. The average molecular weight is 338 g/mol. The Balaban J connectivity index is 1.28. The smallest absolute Gasteiger partial charge is 0.317 e. The standard InChI is InChI=1S/C20H26N4O/c25-20(24-14-17-7-4-8-18(17)15-24)22-13-19-21-10-12-23(19)11-9-16-5-2-1-3-6-16/h1-3,5-6,10,12,17-18H,4,7-9,11,13-15H2,(H,22,25)/t17-,18-/m1/s1. The highest BCUT2D eigenvalue weighted by molar-refractivity contribution is 5.74. The molecule has 0 radical (unpaired) electrons. The fourth-order valence-corrected chi connectivity index (χ4v) is 4.27. The van der Waals surface area contributed by atoms with Crippen molar-refractivity contribution in [2.24, 2.45) is 11.8 Å². The van der Waals surface area contributed by atoms with E-state index in [4.69, 9.17) is 0 Å². The van der Waals surface area contributed by atoms with Gasteiger partial charge in [0, 0.05) is 32.0 Å². The molecule has 2 fully saturated rings. The molecule has 0 spiro atoms. The number of urea groups is 1. The minimum atomic E-state index is 0.0620. The quantitative estimate of drug-likeness (QED) is 0.911. The van der Waals surface area contributed by atoms with Crippen LogP contribution in [0.25, 0.3) is 0 Å². The molecule has 1 aromatic carbocycles. The predicted octanol–water partition coefficient (Wildman–Crippen LogP) is 3.07. The summed E-state index contributed by atoms with van der Waals surface area (Å²) < 4.78 is 2.13. The number of nitrogens with one attached hydrogen (secondary N) is 1. The Morgan fingerprint density at radius 1 is 1.16 bits per heavy atom. The SMILES string of the molecule is O=C(NCc1nccn1CCc1ccccc1)N1C[C@H]2CCC[C@@H]2C1. The van der Waals surface area contributed by atoms with E-state index in [2.05, 4.69) is 39.1 Å². The van der Waals surface area contributed by atoms with E-state index in [9.17, 15) is 4.79 Å². The molecule has 2 heterocycles. The summed E-state index contributed by atoms with van der Waals surface area (Å²) in [5.74, 6) is 2.39. The van der Waals surface area contributed by atoms with Gasteiger partial charge in [-0.2, -0.15) is 0 Å². The van der Waals surface area contributed by atoms with Gasteiger partial charge in [-0.3, -0.25) is 0 Å². The highest BCUT2D eigenvalue weighted by Gasteiger charge is 2.37. The van der Waals surface area contributed by atoms with Gasteiger partial charge in [-0.1, -0.05) is 36.8 Å². The molecule has 5 nitrogen and oxygen atoms in total. The first-order chi connectivity index (χ1) is 12.3. The minimum Gasteiger partial charge on any atom is -0.333 e. The van der Waals surface area contributed by atoms with Gasteiger partial charge in [0.25, 0.3) is 0 Å². The van der Waals surface area contributed by atoms with Gasteiger partial charge in [0.05, 0.1) is 6.54 Å². The summed E-state index contributed by atoms with van der Waals surface area (Å²) in [6.45, 7) is 3.23. The van der Waals surface area contributed by atoms with Crippen LogP contribution in [0.15, 0.2) is 42.7 Å². The van der Waals surface area contributed by atoms with Crippen LogP contribution < -0.4 is 5.32 Å². The summed E-state index contributed by atoms with van der Waals surface area (Å²) in [5, 5.41) is 3.06. The van der Waals surface area contributed by atoms with Gasteiger partial charge >= 0.3 is 6.03 Å². The zero-order chi connectivity index (χ0) is 17.1. The number of imidazole rings is 1. The lowest BCUT2D eigenvalue weighted by atomic mass is 10.0. The number of hydrogen-bond acceptors (Lipinski definition) is 2. The zero-order valence-corrected chi connectivity index (χ0v) is 14.6. The Kier molecular flexibility index (Phi) is 4.72. The number of aryl methyl sites for hydroxylation is 2. The van der Waals surface area contributed by atoms with Crippen LogP contribution >= 0.6 is 0 Å². The number of aromatic nitrogens is 2. The molecule has 132 valence electrons. The van der Waals surface area contributed by atoms with Crippen molar-refractivity contribution in [2.45, 2.75) is 38.8 Å². The van der Waals surface area contributed by atoms with Gasteiger partial charge in [-0.15, -0.1) is 0 Å². The molecule has 5 heteroatoms. The summed E-state index contributed by atoms with van der Waals surface area (Å²) in [6.07, 6.45) is 8.69. The number of hydrogen-bond donors (Lipinski definition) is 1. The van der Waals surface area contributed by atoms with Crippen LogP contribution in [0.4, 0.5) is 4.79 Å². The molecule has 2 atom stereocenters. The Morgan fingerprint density at radius 2 is 1.92 bits per heavy atom. The van der Waals surface area contributed by atoms with E-state index < -0.39 is 0 Å². The lowest BCUT2D eigenvalue weighted by molar-refractivity contribution is 0.204. The van der Waals surface area contributed by atoms with Crippen molar-refractivity contribution < 1.29 is 4.79 Å². The number of carbonyl (C=O) groups is 1. The maximum absolute atomic E-state index is 12.4. The first kappa shape index (κ1) is 16.2. The van der Waals surface area contributed by atoms with E-state index in [1.165, 1.54) is 24.8 Å². The normalized spacial score (nSPS) is 22.2. The Hall–Kier alpha value is -2.30. The number of nitrogens with zero attached hydrogens (tertiary/aromatic N) is 3. The summed E-state index contributed by atoms with van der Waals surface area (Å²) in [4.78, 5) is 18.8. The molecule has 1 aromatic heterocycles. The van der Waals surface area contributed by atoms with Gasteiger partial charge in [0.15, 0.2) is 0 Å². The molecule has 4 rings (SSSR count). The van der Waals surface area contributed by atoms with E-state index in [1.54, 1.807) is 0 Å². The molecule has 0 unspecified atom stereocenters. The van der Waals surface area contributed by atoms with Gasteiger partial charge in [-0.25, -0.2) is 9.78 Å². The van der Waals surface area contributed by atoms with E-state index in [-0.39, 0.29) is 6.03 Å². The van der Waals surface area contributed by atoms with Gasteiger partial charge < -0.3 is 14.8 Å². The van der Waals surface area contributed by atoms with Crippen LogP contribution in [0.3, 0.4) is 0 Å². The van der Waals surface area contributed by atoms with Crippen molar-refractivity contribution in [3.05, 3.63) is 54.1 Å². The van der Waals surface area contributed by atoms with Crippen molar-refractivity contribution in [1.82, 2.24) is 19.8 Å². The number of rotatable bonds is 5. The third-order valence-corrected chi connectivity index (χ3v) is 5.70. The van der Waals surface area contributed by atoms with Crippen LogP contribution in [0.5, 0.6) is 0 Å². The molecule has 1 aliphatic carbocycles. The van der Waals surface area contributed by atoms with E-state index in [1.807, 2.05) is 23.4 Å². The van der Waals surface area contributed by atoms with Crippen LogP contribution in [0.2, 0.25) is 0 Å². The highest BCUT2D eigenvalue weighted by atomic mass is 16.2. The summed E-state index contributed by atoms with van der Waals surface area (Å²) in [7, 11) is 0.